The average molecular weight is 562 g/mol. The molecule has 0 bridgehead atoms. The van der Waals surface area contributed by atoms with Crippen molar-refractivity contribution >= 4 is 0 Å². The van der Waals surface area contributed by atoms with E-state index in [9.17, 15) is 0 Å². The van der Waals surface area contributed by atoms with Gasteiger partial charge in [-0.15, -0.1) is 0 Å². The minimum absolute atomic E-state index is 0. The second-order valence-corrected chi connectivity index (χ2v) is 19.2. The van der Waals surface area contributed by atoms with Crippen LogP contribution < -0.4 is 12.4 Å². The van der Waals surface area contributed by atoms with Crippen molar-refractivity contribution in [1.29, 1.82) is 0 Å². The van der Waals surface area contributed by atoms with Gasteiger partial charge in [-0.2, -0.15) is 0 Å². The van der Waals surface area contributed by atoms with Crippen molar-refractivity contribution in [3.8, 4) is 11.1 Å². The number of hydrogen-bond acceptors (Lipinski definition) is 0. The van der Waals surface area contributed by atoms with Gasteiger partial charge in [0.25, 0.3) is 0 Å². The standard InChI is InChI=1S/C21H25.2C6H7.ClH.Zr/c1-20(2,3)16-7-9-18-14(12-16)11-15-13-17(21(4,5)6)8-10-19(15)18;2*1-6-4-2-3-5-6;;/h7-13H,1-6H3;2*4-5H,2H2,1H3;1H;/q;;;;+1/p-1. The van der Waals surface area contributed by atoms with Gasteiger partial charge in [-0.25, -0.2) is 0 Å². The van der Waals surface area contributed by atoms with Gasteiger partial charge < -0.3 is 12.4 Å². The maximum absolute atomic E-state index is 2.59. The fraction of sp³-hybridized carbons (Fsp3) is 0.394. The molecule has 0 saturated carbocycles. The number of benzene rings is 2. The van der Waals surface area contributed by atoms with E-state index >= 15 is 0 Å². The molecule has 0 saturated heterocycles. The zero-order valence-corrected chi connectivity index (χ0v) is 25.9. The van der Waals surface area contributed by atoms with E-state index in [0.29, 0.717) is 3.63 Å². The van der Waals surface area contributed by atoms with Gasteiger partial charge in [0.15, 0.2) is 0 Å². The van der Waals surface area contributed by atoms with Gasteiger partial charge in [0.1, 0.15) is 0 Å². The Bertz CT molecular complexity index is 1190. The van der Waals surface area contributed by atoms with Gasteiger partial charge in [0.2, 0.25) is 0 Å². The summed E-state index contributed by atoms with van der Waals surface area (Å²) in [4.78, 5) is 0. The molecule has 0 nitrogen and oxygen atoms in total. The summed E-state index contributed by atoms with van der Waals surface area (Å²) in [5.41, 5.74) is 12.4. The van der Waals surface area contributed by atoms with Crippen molar-refractivity contribution in [1.82, 2.24) is 0 Å². The molecule has 2 aromatic rings. The SMILES string of the molecule is CC1=CC[C]([Zr+]([C]2=CC(C)=CC2)[CH]2c3cc(C(C)(C)C)ccc3-c3ccc(C(C)(C)C)cc32)=C1.[Cl-]. The summed E-state index contributed by atoms with van der Waals surface area (Å²) in [6.45, 7) is 18.7. The molecule has 0 heterocycles. The van der Waals surface area contributed by atoms with Crippen LogP contribution in [0.3, 0.4) is 0 Å². The third-order valence-corrected chi connectivity index (χ3v) is 15.9. The molecular formula is C33H39ClZr. The second kappa shape index (κ2) is 9.46. The monoisotopic (exact) mass is 560 g/mol. The Morgan fingerprint density at radius 2 is 1.06 bits per heavy atom. The minimum Gasteiger partial charge on any atom is -1.00 e. The van der Waals surface area contributed by atoms with E-state index in [-0.39, 0.29) is 23.2 Å². The topological polar surface area (TPSA) is 0 Å². The molecule has 0 unspecified atom stereocenters. The van der Waals surface area contributed by atoms with E-state index in [0.717, 1.165) is 12.8 Å². The maximum atomic E-state index is 2.59. The molecule has 0 aliphatic heterocycles. The van der Waals surface area contributed by atoms with Gasteiger partial charge in [0, 0.05) is 0 Å². The third-order valence-electron chi connectivity index (χ3n) is 7.82. The molecule has 3 aliphatic rings. The molecule has 0 aromatic heterocycles. The Morgan fingerprint density at radius 1 is 0.657 bits per heavy atom. The van der Waals surface area contributed by atoms with Crippen LogP contribution in [0.1, 0.15) is 94.1 Å². The summed E-state index contributed by atoms with van der Waals surface area (Å²) in [7, 11) is 0. The summed E-state index contributed by atoms with van der Waals surface area (Å²) in [6, 6.07) is 14.8. The zero-order valence-electron chi connectivity index (χ0n) is 22.6. The molecule has 0 amide bonds. The van der Waals surface area contributed by atoms with Crippen LogP contribution in [-0.4, -0.2) is 0 Å². The number of halogens is 1. The predicted molar refractivity (Wildman–Crippen MR) is 144 cm³/mol. The Kier molecular flexibility index (Phi) is 7.20. The number of rotatable bonds is 3. The first-order chi connectivity index (χ1) is 15.9. The first-order valence-corrected chi connectivity index (χ1v) is 16.7. The van der Waals surface area contributed by atoms with Gasteiger partial charge in [0.05, 0.1) is 0 Å². The summed E-state index contributed by atoms with van der Waals surface area (Å²) >= 11 is -2.26. The van der Waals surface area contributed by atoms with Gasteiger partial charge >= 0.3 is 216 Å². The van der Waals surface area contributed by atoms with E-state index in [1.165, 1.54) is 33.4 Å². The summed E-state index contributed by atoms with van der Waals surface area (Å²) in [5, 5.41) is 0. The largest absolute Gasteiger partial charge is 1.00 e. The number of fused-ring (bicyclic) bond motifs is 3. The molecule has 2 heteroatoms. The summed E-state index contributed by atoms with van der Waals surface area (Å²) in [6.07, 6.45) is 12.4. The van der Waals surface area contributed by atoms with E-state index in [2.05, 4.69) is 116 Å². The minimum atomic E-state index is -2.26. The summed E-state index contributed by atoms with van der Waals surface area (Å²) < 4.78 is 4.12. The first-order valence-electron chi connectivity index (χ1n) is 12.8. The number of hydrogen-bond donors (Lipinski definition) is 0. The predicted octanol–water partition coefficient (Wildman–Crippen LogP) is 6.44. The Hall–Kier alpha value is -1.43. The average Bonchev–Trinajstić information content (AvgIpc) is 3.45. The quantitative estimate of drug-likeness (QED) is 0.404. The summed E-state index contributed by atoms with van der Waals surface area (Å²) in [5.74, 6) is 0. The number of allylic oxidation sites excluding steroid dienone is 8. The van der Waals surface area contributed by atoms with E-state index in [4.69, 9.17) is 0 Å². The molecular weight excluding hydrogens is 523 g/mol. The fourth-order valence-electron chi connectivity index (χ4n) is 5.78. The van der Waals surface area contributed by atoms with E-state index in [1.54, 1.807) is 17.7 Å². The molecule has 5 rings (SSSR count). The van der Waals surface area contributed by atoms with E-state index in [1.807, 2.05) is 0 Å². The first kappa shape index (κ1) is 26.6. The molecule has 2 aromatic carbocycles. The van der Waals surface area contributed by atoms with Gasteiger partial charge in [-0.05, 0) is 0 Å². The van der Waals surface area contributed by atoms with Crippen LogP contribution in [0.5, 0.6) is 0 Å². The fourth-order valence-corrected chi connectivity index (χ4v) is 14.8. The zero-order chi connectivity index (χ0) is 24.4. The smallest absolute Gasteiger partial charge is 1.00 e. The van der Waals surface area contributed by atoms with Crippen molar-refractivity contribution < 1.29 is 34.2 Å². The van der Waals surface area contributed by atoms with Crippen LogP contribution in [0.4, 0.5) is 0 Å². The van der Waals surface area contributed by atoms with Crippen molar-refractivity contribution in [3.05, 3.63) is 101 Å². The second-order valence-electron chi connectivity index (χ2n) is 12.6. The van der Waals surface area contributed by atoms with Crippen molar-refractivity contribution in [2.75, 3.05) is 0 Å². The molecule has 182 valence electrons. The molecule has 0 atom stereocenters. The normalized spacial score (nSPS) is 17.3. The maximum Gasteiger partial charge on any atom is -1.00 e. The van der Waals surface area contributed by atoms with Gasteiger partial charge in [-0.1, -0.05) is 0 Å². The van der Waals surface area contributed by atoms with Crippen molar-refractivity contribution in [2.24, 2.45) is 0 Å². The van der Waals surface area contributed by atoms with Crippen molar-refractivity contribution in [2.45, 2.75) is 82.7 Å². The van der Waals surface area contributed by atoms with Gasteiger partial charge in [-0.3, -0.25) is 0 Å². The molecule has 0 N–H and O–H groups in total. The van der Waals surface area contributed by atoms with Crippen LogP contribution in [0.2, 0.25) is 0 Å². The van der Waals surface area contributed by atoms with Crippen LogP contribution >= 0.6 is 0 Å². The molecule has 0 spiro atoms. The third kappa shape index (κ3) is 4.93. The molecule has 0 fully saturated rings. The Morgan fingerprint density at radius 3 is 1.37 bits per heavy atom. The van der Waals surface area contributed by atoms with Crippen LogP contribution in [0, 0.1) is 0 Å². The van der Waals surface area contributed by atoms with Crippen LogP contribution in [0.25, 0.3) is 11.1 Å². The Labute approximate surface area is 227 Å². The molecule has 0 radical (unpaired) electrons. The van der Waals surface area contributed by atoms with Crippen LogP contribution in [-0.2, 0) is 32.6 Å². The van der Waals surface area contributed by atoms with Crippen LogP contribution in [0.15, 0.2) is 78.4 Å². The Balaban J connectivity index is 0.00000289. The van der Waals surface area contributed by atoms with E-state index < -0.39 is 21.8 Å². The molecule has 35 heavy (non-hydrogen) atoms. The van der Waals surface area contributed by atoms with Crippen molar-refractivity contribution in [3.63, 3.8) is 0 Å². The molecule has 3 aliphatic carbocycles.